The summed E-state index contributed by atoms with van der Waals surface area (Å²) in [5.41, 5.74) is 0.896. The number of sulfonamides is 1. The number of hydrogen-bond acceptors (Lipinski definition) is 4. The molecule has 0 aromatic carbocycles. The number of rotatable bonds is 6. The molecule has 1 atom stereocenters. The highest BCUT2D eigenvalue weighted by Crippen LogP contribution is 2.15. The minimum Gasteiger partial charge on any atom is -0.469 e. The summed E-state index contributed by atoms with van der Waals surface area (Å²) in [6.45, 7) is 4.31. The first kappa shape index (κ1) is 14.2. The fraction of sp³-hybridized carbons (Fsp3) is 0.636. The zero-order chi connectivity index (χ0) is 13.1. The van der Waals surface area contributed by atoms with Crippen LogP contribution in [0.25, 0.3) is 0 Å². The molecule has 0 aliphatic carbocycles. The van der Waals surface area contributed by atoms with Crippen LogP contribution in [0.1, 0.15) is 18.2 Å². The van der Waals surface area contributed by atoms with Crippen molar-refractivity contribution in [2.24, 2.45) is 0 Å². The molecule has 1 aromatic heterocycles. The lowest BCUT2D eigenvalue weighted by Gasteiger charge is -2.21. The highest BCUT2D eigenvalue weighted by molar-refractivity contribution is 7.89. The minimum atomic E-state index is -3.26. The highest BCUT2D eigenvalue weighted by Gasteiger charge is 2.25. The molecule has 5 nitrogen and oxygen atoms in total. The van der Waals surface area contributed by atoms with Crippen molar-refractivity contribution in [1.29, 1.82) is 0 Å². The lowest BCUT2D eigenvalue weighted by Crippen LogP contribution is -2.39. The van der Waals surface area contributed by atoms with Crippen molar-refractivity contribution in [3.8, 4) is 0 Å². The summed E-state index contributed by atoms with van der Waals surface area (Å²) in [7, 11) is 0.0687. The maximum Gasteiger partial charge on any atom is 0.218 e. The lowest BCUT2D eigenvalue weighted by molar-refractivity contribution is 0.449. The summed E-state index contributed by atoms with van der Waals surface area (Å²) >= 11 is 0. The molecule has 1 aromatic rings. The first-order valence-corrected chi connectivity index (χ1v) is 7.02. The Labute approximate surface area is 103 Å². The summed E-state index contributed by atoms with van der Waals surface area (Å²) in [4.78, 5) is 0. The third-order valence-electron chi connectivity index (χ3n) is 2.79. The third kappa shape index (κ3) is 3.31. The van der Waals surface area contributed by atoms with Crippen LogP contribution in [0, 0.1) is 6.92 Å². The molecule has 1 rings (SSSR count). The van der Waals surface area contributed by atoms with Gasteiger partial charge in [-0.3, -0.25) is 0 Å². The van der Waals surface area contributed by atoms with Crippen LogP contribution in [0.15, 0.2) is 16.7 Å². The average Bonchev–Trinajstić information content (AvgIpc) is 2.64. The fourth-order valence-corrected chi connectivity index (χ4v) is 2.92. The van der Waals surface area contributed by atoms with Crippen molar-refractivity contribution in [1.82, 2.24) is 9.62 Å². The number of aryl methyl sites for hydroxylation is 1. The molecular formula is C11H20N2O3S. The van der Waals surface area contributed by atoms with Crippen LogP contribution >= 0.6 is 0 Å². The largest absolute Gasteiger partial charge is 0.469 e. The van der Waals surface area contributed by atoms with Crippen molar-refractivity contribution in [3.05, 3.63) is 23.7 Å². The van der Waals surface area contributed by atoms with Gasteiger partial charge in [-0.15, -0.1) is 0 Å². The van der Waals surface area contributed by atoms with Crippen LogP contribution in [-0.2, 0) is 16.6 Å². The second-order valence-electron chi connectivity index (χ2n) is 4.17. The predicted octanol–water partition coefficient (Wildman–Crippen LogP) is 0.958. The summed E-state index contributed by atoms with van der Waals surface area (Å²) in [6.07, 6.45) is 1.57. The molecule has 1 unspecified atom stereocenters. The average molecular weight is 260 g/mol. The zero-order valence-corrected chi connectivity index (χ0v) is 11.5. The highest BCUT2D eigenvalue weighted by atomic mass is 32.2. The van der Waals surface area contributed by atoms with E-state index in [1.54, 1.807) is 33.3 Å². The SMILES string of the molecule is CNCC(C)S(=O)(=O)N(C)Cc1ccoc1C. The number of nitrogens with one attached hydrogen (secondary N) is 1. The first-order valence-electron chi connectivity index (χ1n) is 5.52. The van der Waals surface area contributed by atoms with Crippen LogP contribution in [0.4, 0.5) is 0 Å². The second-order valence-corrected chi connectivity index (χ2v) is 6.63. The summed E-state index contributed by atoms with van der Waals surface area (Å²) in [6, 6.07) is 1.80. The van der Waals surface area contributed by atoms with Gasteiger partial charge in [0.15, 0.2) is 0 Å². The van der Waals surface area contributed by atoms with Gasteiger partial charge in [-0.25, -0.2) is 12.7 Å². The normalized spacial score (nSPS) is 14.2. The van der Waals surface area contributed by atoms with Gasteiger partial charge in [-0.1, -0.05) is 0 Å². The molecule has 0 saturated heterocycles. The van der Waals surface area contributed by atoms with Crippen LogP contribution in [0.2, 0.25) is 0 Å². The van der Waals surface area contributed by atoms with E-state index in [-0.39, 0.29) is 0 Å². The van der Waals surface area contributed by atoms with E-state index in [9.17, 15) is 8.42 Å². The van der Waals surface area contributed by atoms with E-state index >= 15 is 0 Å². The zero-order valence-electron chi connectivity index (χ0n) is 10.7. The lowest BCUT2D eigenvalue weighted by atomic mass is 10.3. The maximum absolute atomic E-state index is 12.1. The van der Waals surface area contributed by atoms with E-state index in [2.05, 4.69) is 5.32 Å². The molecule has 1 heterocycles. The molecule has 0 saturated carbocycles. The van der Waals surface area contributed by atoms with E-state index < -0.39 is 15.3 Å². The van der Waals surface area contributed by atoms with Crippen molar-refractivity contribution in [2.45, 2.75) is 25.6 Å². The van der Waals surface area contributed by atoms with Gasteiger partial charge in [0, 0.05) is 25.7 Å². The van der Waals surface area contributed by atoms with Crippen LogP contribution in [0.3, 0.4) is 0 Å². The Balaban J connectivity index is 2.76. The van der Waals surface area contributed by atoms with Gasteiger partial charge in [0.25, 0.3) is 0 Å². The molecule has 0 radical (unpaired) electrons. The molecule has 98 valence electrons. The summed E-state index contributed by atoms with van der Waals surface area (Å²) in [5.74, 6) is 0.758. The fourth-order valence-electron chi connectivity index (χ4n) is 1.61. The minimum absolute atomic E-state index is 0.346. The maximum atomic E-state index is 12.1. The van der Waals surface area contributed by atoms with Crippen molar-refractivity contribution >= 4 is 10.0 Å². The van der Waals surface area contributed by atoms with Gasteiger partial charge in [0.1, 0.15) is 5.76 Å². The van der Waals surface area contributed by atoms with Gasteiger partial charge < -0.3 is 9.73 Å². The van der Waals surface area contributed by atoms with Crippen LogP contribution in [0.5, 0.6) is 0 Å². The van der Waals surface area contributed by atoms with Crippen LogP contribution < -0.4 is 5.32 Å². The Morgan fingerprint density at radius 1 is 1.53 bits per heavy atom. The van der Waals surface area contributed by atoms with Crippen LogP contribution in [-0.4, -0.2) is 38.6 Å². The topological polar surface area (TPSA) is 62.6 Å². The number of nitrogens with zero attached hydrogens (tertiary/aromatic N) is 1. The van der Waals surface area contributed by atoms with E-state index in [1.165, 1.54) is 4.31 Å². The van der Waals surface area contributed by atoms with Crippen molar-refractivity contribution < 1.29 is 12.8 Å². The van der Waals surface area contributed by atoms with Gasteiger partial charge in [-0.2, -0.15) is 0 Å². The summed E-state index contributed by atoms with van der Waals surface area (Å²) < 4.78 is 30.7. The molecule has 0 fully saturated rings. The monoisotopic (exact) mass is 260 g/mol. The van der Waals surface area contributed by atoms with E-state index in [1.807, 2.05) is 6.92 Å². The van der Waals surface area contributed by atoms with Gasteiger partial charge in [-0.05, 0) is 27.0 Å². The second kappa shape index (κ2) is 5.66. The van der Waals surface area contributed by atoms with Gasteiger partial charge in [0.05, 0.1) is 11.5 Å². The summed E-state index contributed by atoms with van der Waals surface area (Å²) in [5, 5.41) is 2.43. The molecule has 17 heavy (non-hydrogen) atoms. The smallest absolute Gasteiger partial charge is 0.218 e. The van der Waals surface area contributed by atoms with E-state index in [0.29, 0.717) is 13.1 Å². The quantitative estimate of drug-likeness (QED) is 0.827. The first-order chi connectivity index (χ1) is 7.89. The number of hydrogen-bond donors (Lipinski definition) is 1. The van der Waals surface area contributed by atoms with E-state index in [4.69, 9.17) is 4.42 Å². The molecule has 0 spiro atoms. The Morgan fingerprint density at radius 2 is 2.18 bits per heavy atom. The Kier molecular flexibility index (Phi) is 4.73. The molecule has 0 bridgehead atoms. The predicted molar refractivity (Wildman–Crippen MR) is 67.2 cm³/mol. The van der Waals surface area contributed by atoms with Gasteiger partial charge in [0.2, 0.25) is 10.0 Å². The standard InChI is InChI=1S/C11H20N2O3S/c1-9(7-12-3)17(14,15)13(4)8-11-5-6-16-10(11)2/h5-6,9,12H,7-8H2,1-4H3. The third-order valence-corrected chi connectivity index (χ3v) is 4.98. The Hall–Kier alpha value is -0.850. The molecular weight excluding hydrogens is 240 g/mol. The van der Waals surface area contributed by atoms with Gasteiger partial charge >= 0.3 is 0 Å². The van der Waals surface area contributed by atoms with E-state index in [0.717, 1.165) is 11.3 Å². The van der Waals surface area contributed by atoms with Crippen molar-refractivity contribution in [2.75, 3.05) is 20.6 Å². The Bertz CT molecular complexity index is 453. The molecule has 0 aliphatic rings. The molecule has 0 amide bonds. The number of furan rings is 1. The molecule has 0 aliphatic heterocycles. The van der Waals surface area contributed by atoms with Crippen molar-refractivity contribution in [3.63, 3.8) is 0 Å². The molecule has 6 heteroatoms. The Morgan fingerprint density at radius 3 is 2.65 bits per heavy atom. The molecule has 1 N–H and O–H groups in total.